The number of halogens is 3. The summed E-state index contributed by atoms with van der Waals surface area (Å²) < 4.78 is 49.5. The molecule has 0 atom stereocenters. The molecule has 1 amide bonds. The molecular weight excluding hydrogens is 325 g/mol. The number of aromatic nitrogens is 1. The maximum atomic E-state index is 13.1. The van der Waals surface area contributed by atoms with E-state index in [1.165, 1.54) is 23.4 Å². The van der Waals surface area contributed by atoms with Crippen LogP contribution in [0.15, 0.2) is 36.7 Å². The summed E-state index contributed by atoms with van der Waals surface area (Å²) in [7, 11) is 1.15. The highest BCUT2D eigenvalue weighted by atomic mass is 19.4. The second-order valence-electron chi connectivity index (χ2n) is 5.06. The van der Waals surface area contributed by atoms with E-state index in [9.17, 15) is 18.0 Å². The van der Waals surface area contributed by atoms with Crippen LogP contribution in [0, 0.1) is 0 Å². The van der Waals surface area contributed by atoms with Gasteiger partial charge in [0.15, 0.2) is 5.75 Å². The topological polar surface area (TPSA) is 51.7 Å². The van der Waals surface area contributed by atoms with Crippen LogP contribution in [0.1, 0.15) is 15.9 Å². The smallest absolute Gasteiger partial charge is 0.419 e. The molecule has 126 valence electrons. The number of carbonyl (C=O) groups excluding carboxylic acids is 1. The van der Waals surface area contributed by atoms with Crippen molar-refractivity contribution in [2.45, 2.75) is 6.18 Å². The van der Waals surface area contributed by atoms with E-state index < -0.39 is 17.6 Å². The van der Waals surface area contributed by atoms with Gasteiger partial charge in [-0.05, 0) is 24.3 Å². The first-order chi connectivity index (χ1) is 11.4. The number of alkyl halides is 3. The molecule has 1 aliphatic heterocycles. The van der Waals surface area contributed by atoms with Gasteiger partial charge >= 0.3 is 6.18 Å². The molecule has 0 unspecified atom stereocenters. The van der Waals surface area contributed by atoms with Crippen LogP contribution in [0.2, 0.25) is 0 Å². The molecule has 5 nitrogen and oxygen atoms in total. The van der Waals surface area contributed by atoms with Gasteiger partial charge in [-0.25, -0.2) is 0 Å². The summed E-state index contributed by atoms with van der Waals surface area (Å²) >= 11 is 0. The van der Waals surface area contributed by atoms with Crippen LogP contribution < -0.4 is 14.4 Å². The normalized spacial score (nSPS) is 13.9. The number of benzene rings is 1. The van der Waals surface area contributed by atoms with E-state index in [-0.39, 0.29) is 24.5 Å². The van der Waals surface area contributed by atoms with E-state index in [1.807, 2.05) is 0 Å². The Balaban J connectivity index is 2.00. The van der Waals surface area contributed by atoms with Crippen LogP contribution in [0.5, 0.6) is 11.5 Å². The number of rotatable bonds is 2. The largest absolute Gasteiger partial charge is 0.496 e. The van der Waals surface area contributed by atoms with E-state index in [0.717, 1.165) is 19.2 Å². The van der Waals surface area contributed by atoms with Crippen molar-refractivity contribution in [2.75, 3.05) is 25.2 Å². The fourth-order valence-electron chi connectivity index (χ4n) is 2.50. The zero-order chi connectivity index (χ0) is 17.3. The Kier molecular flexibility index (Phi) is 4.04. The molecule has 1 aromatic heterocycles. The lowest BCUT2D eigenvalue weighted by molar-refractivity contribution is -0.138. The van der Waals surface area contributed by atoms with Crippen molar-refractivity contribution < 1.29 is 27.4 Å². The van der Waals surface area contributed by atoms with Crippen LogP contribution in [0.4, 0.5) is 18.9 Å². The minimum absolute atomic E-state index is 0.0761. The highest BCUT2D eigenvalue weighted by Gasteiger charge is 2.35. The number of fused-ring (bicyclic) bond motifs is 1. The first-order valence-corrected chi connectivity index (χ1v) is 7.05. The van der Waals surface area contributed by atoms with Gasteiger partial charge in [-0.15, -0.1) is 0 Å². The molecular formula is C16H13F3N2O3. The number of ether oxygens (including phenoxy) is 2. The summed E-state index contributed by atoms with van der Waals surface area (Å²) in [5.41, 5.74) is -0.586. The molecule has 0 fully saturated rings. The summed E-state index contributed by atoms with van der Waals surface area (Å²) in [5, 5.41) is 0. The standard InChI is InChI=1S/C16H13F3N2O3/c1-23-13-3-2-10(8-11(13)16(17,18)19)15(22)21-6-7-24-14-9-20-5-4-12(14)21/h2-5,8-9H,6-7H2,1H3. The van der Waals surface area contributed by atoms with Crippen LogP contribution in [0.3, 0.4) is 0 Å². The summed E-state index contributed by atoms with van der Waals surface area (Å²) in [6, 6.07) is 4.84. The number of pyridine rings is 1. The second-order valence-corrected chi connectivity index (χ2v) is 5.06. The first-order valence-electron chi connectivity index (χ1n) is 7.05. The third kappa shape index (κ3) is 2.86. The third-order valence-corrected chi connectivity index (χ3v) is 3.62. The van der Waals surface area contributed by atoms with Crippen molar-refractivity contribution in [3.63, 3.8) is 0 Å². The van der Waals surface area contributed by atoms with Crippen molar-refractivity contribution in [2.24, 2.45) is 0 Å². The van der Waals surface area contributed by atoms with Crippen molar-refractivity contribution in [1.29, 1.82) is 0 Å². The second kappa shape index (κ2) is 6.03. The Morgan fingerprint density at radius 3 is 2.83 bits per heavy atom. The maximum absolute atomic E-state index is 13.1. The molecule has 0 N–H and O–H groups in total. The van der Waals surface area contributed by atoms with Crippen molar-refractivity contribution in [3.05, 3.63) is 47.8 Å². The van der Waals surface area contributed by atoms with Crippen molar-refractivity contribution in [1.82, 2.24) is 4.98 Å². The van der Waals surface area contributed by atoms with Gasteiger partial charge in [-0.2, -0.15) is 13.2 Å². The van der Waals surface area contributed by atoms with Gasteiger partial charge in [0.1, 0.15) is 12.4 Å². The number of hydrogen-bond acceptors (Lipinski definition) is 4. The van der Waals surface area contributed by atoms with Gasteiger partial charge in [0, 0.05) is 11.8 Å². The maximum Gasteiger partial charge on any atom is 0.419 e. The van der Waals surface area contributed by atoms with Gasteiger partial charge in [0.2, 0.25) is 0 Å². The molecule has 1 aliphatic rings. The molecule has 24 heavy (non-hydrogen) atoms. The molecule has 0 radical (unpaired) electrons. The van der Waals surface area contributed by atoms with Crippen LogP contribution in [0.25, 0.3) is 0 Å². The van der Waals surface area contributed by atoms with Gasteiger partial charge in [0.05, 0.1) is 31.1 Å². The zero-order valence-corrected chi connectivity index (χ0v) is 12.6. The monoisotopic (exact) mass is 338 g/mol. The van der Waals surface area contributed by atoms with Gasteiger partial charge < -0.3 is 14.4 Å². The lowest BCUT2D eigenvalue weighted by atomic mass is 10.1. The molecule has 1 aromatic carbocycles. The number of methoxy groups -OCH3 is 1. The summed E-state index contributed by atoms with van der Waals surface area (Å²) in [4.78, 5) is 18.0. The summed E-state index contributed by atoms with van der Waals surface area (Å²) in [6.07, 6.45) is -1.67. The molecule has 2 aromatic rings. The highest BCUT2D eigenvalue weighted by Crippen LogP contribution is 2.37. The third-order valence-electron chi connectivity index (χ3n) is 3.62. The molecule has 0 aliphatic carbocycles. The van der Waals surface area contributed by atoms with Crippen molar-refractivity contribution >= 4 is 11.6 Å². The highest BCUT2D eigenvalue weighted by molar-refractivity contribution is 6.07. The van der Waals surface area contributed by atoms with Crippen LogP contribution in [-0.2, 0) is 6.18 Å². The average Bonchev–Trinajstić information content (AvgIpc) is 2.59. The molecule has 8 heteroatoms. The SMILES string of the molecule is COc1ccc(C(=O)N2CCOc3cnccc32)cc1C(F)(F)F. The minimum Gasteiger partial charge on any atom is -0.496 e. The molecule has 0 saturated carbocycles. The number of nitrogens with zero attached hydrogens (tertiary/aromatic N) is 2. The molecule has 0 bridgehead atoms. The predicted octanol–water partition coefficient (Wildman–Crippen LogP) is 3.15. The van der Waals surface area contributed by atoms with E-state index in [1.54, 1.807) is 6.07 Å². The molecule has 2 heterocycles. The number of hydrogen-bond donors (Lipinski definition) is 0. The lowest BCUT2D eigenvalue weighted by Crippen LogP contribution is -2.38. The Hall–Kier alpha value is -2.77. The quantitative estimate of drug-likeness (QED) is 0.844. The number of anilines is 1. The first kappa shape index (κ1) is 16.1. The molecule has 3 rings (SSSR count). The lowest BCUT2D eigenvalue weighted by Gasteiger charge is -2.29. The fraction of sp³-hybridized carbons (Fsp3) is 0.250. The Bertz CT molecular complexity index is 777. The van der Waals surface area contributed by atoms with Crippen molar-refractivity contribution in [3.8, 4) is 11.5 Å². The minimum atomic E-state index is -4.62. The fourth-order valence-corrected chi connectivity index (χ4v) is 2.50. The summed E-state index contributed by atoms with van der Waals surface area (Å²) in [6.45, 7) is 0.482. The zero-order valence-electron chi connectivity index (χ0n) is 12.6. The van der Waals surface area contributed by atoms with Gasteiger partial charge in [-0.1, -0.05) is 0 Å². The van der Waals surface area contributed by atoms with E-state index in [4.69, 9.17) is 9.47 Å². The Morgan fingerprint density at radius 1 is 1.33 bits per heavy atom. The molecule has 0 spiro atoms. The molecule has 0 saturated heterocycles. The Labute approximate surface area is 135 Å². The van der Waals surface area contributed by atoms with E-state index >= 15 is 0 Å². The van der Waals surface area contributed by atoms with Gasteiger partial charge in [0.25, 0.3) is 5.91 Å². The van der Waals surface area contributed by atoms with Gasteiger partial charge in [-0.3, -0.25) is 9.78 Å². The van der Waals surface area contributed by atoms with Crippen LogP contribution >= 0.6 is 0 Å². The Morgan fingerprint density at radius 2 is 2.12 bits per heavy atom. The average molecular weight is 338 g/mol. The summed E-state index contributed by atoms with van der Waals surface area (Å²) in [5.74, 6) is -0.453. The predicted molar refractivity (Wildman–Crippen MR) is 79.4 cm³/mol. The number of amides is 1. The van der Waals surface area contributed by atoms with E-state index in [0.29, 0.717) is 11.4 Å². The van der Waals surface area contributed by atoms with Crippen LogP contribution in [-0.4, -0.2) is 31.2 Å². The number of carbonyl (C=O) groups is 1. The van der Waals surface area contributed by atoms with E-state index in [2.05, 4.69) is 4.98 Å².